The van der Waals surface area contributed by atoms with Crippen LogP contribution < -0.4 is 5.32 Å². The summed E-state index contributed by atoms with van der Waals surface area (Å²) >= 11 is 6.12. The molecule has 0 bridgehead atoms. The van der Waals surface area contributed by atoms with Crippen LogP contribution in [0.15, 0.2) is 18.2 Å². The van der Waals surface area contributed by atoms with Crippen LogP contribution in [0.4, 0.5) is 0 Å². The summed E-state index contributed by atoms with van der Waals surface area (Å²) in [6, 6.07) is 5.32. The van der Waals surface area contributed by atoms with E-state index in [9.17, 15) is 9.59 Å². The minimum atomic E-state index is -0.732. The van der Waals surface area contributed by atoms with E-state index in [1.54, 1.807) is 16.8 Å². The molecule has 2 aromatic rings. The van der Waals surface area contributed by atoms with E-state index < -0.39 is 5.97 Å². The molecule has 0 atom stereocenters. The lowest BCUT2D eigenvalue weighted by molar-refractivity contribution is -0.125. The first-order valence-electron chi connectivity index (χ1n) is 9.60. The summed E-state index contributed by atoms with van der Waals surface area (Å²) in [5.41, 5.74) is 1.69. The van der Waals surface area contributed by atoms with Crippen molar-refractivity contribution >= 4 is 23.5 Å². The number of ether oxygens (including phenoxy) is 1. The minimum Gasteiger partial charge on any atom is -0.451 e. The number of esters is 1. The normalized spacial score (nSPS) is 15.1. The van der Waals surface area contributed by atoms with Gasteiger partial charge in [-0.25, -0.2) is 14.5 Å². The number of rotatable bonds is 5. The number of nitrogens with one attached hydrogen (secondary N) is 1. The van der Waals surface area contributed by atoms with Crippen molar-refractivity contribution in [1.82, 2.24) is 20.1 Å². The number of carbonyl (C=O) groups excluding carboxylic acids is 2. The molecule has 0 radical (unpaired) electrons. The highest BCUT2D eigenvalue weighted by molar-refractivity contribution is 6.33. The zero-order valence-electron chi connectivity index (χ0n) is 16.2. The molecule has 28 heavy (non-hydrogen) atoms. The maximum absolute atomic E-state index is 12.4. The van der Waals surface area contributed by atoms with Crippen LogP contribution in [-0.2, 0) is 9.53 Å². The van der Waals surface area contributed by atoms with Gasteiger partial charge in [-0.05, 0) is 44.9 Å². The van der Waals surface area contributed by atoms with Gasteiger partial charge in [-0.15, -0.1) is 0 Å². The highest BCUT2D eigenvalue weighted by atomic mass is 35.5. The van der Waals surface area contributed by atoms with Crippen LogP contribution in [0.3, 0.4) is 0 Å². The lowest BCUT2D eigenvalue weighted by atomic mass is 10.1. The number of amides is 1. The van der Waals surface area contributed by atoms with Crippen LogP contribution in [0.5, 0.6) is 0 Å². The van der Waals surface area contributed by atoms with E-state index >= 15 is 0 Å². The number of nitrogens with zero attached hydrogens (tertiary/aromatic N) is 3. The van der Waals surface area contributed by atoms with E-state index in [1.807, 2.05) is 19.9 Å². The summed E-state index contributed by atoms with van der Waals surface area (Å²) in [5, 5.41) is 7.46. The van der Waals surface area contributed by atoms with Gasteiger partial charge in [0.1, 0.15) is 0 Å². The molecule has 1 saturated carbocycles. The molecule has 1 amide bonds. The van der Waals surface area contributed by atoms with Crippen molar-refractivity contribution in [3.63, 3.8) is 0 Å². The van der Waals surface area contributed by atoms with Gasteiger partial charge in [0.2, 0.25) is 0 Å². The zero-order chi connectivity index (χ0) is 20.1. The Morgan fingerprint density at radius 1 is 1.21 bits per heavy atom. The second-order valence-corrected chi connectivity index (χ2v) is 7.58. The third-order valence-corrected chi connectivity index (χ3v) is 5.11. The largest absolute Gasteiger partial charge is 0.451 e. The van der Waals surface area contributed by atoms with Gasteiger partial charge in [0.05, 0.1) is 10.7 Å². The van der Waals surface area contributed by atoms with Crippen molar-refractivity contribution in [1.29, 1.82) is 0 Å². The monoisotopic (exact) mass is 404 g/mol. The number of carbonyl (C=O) groups is 2. The van der Waals surface area contributed by atoms with E-state index in [0.717, 1.165) is 37.1 Å². The van der Waals surface area contributed by atoms with Gasteiger partial charge in [0.15, 0.2) is 18.1 Å². The van der Waals surface area contributed by atoms with Gasteiger partial charge in [-0.1, -0.05) is 37.3 Å². The molecule has 2 aromatic heterocycles. The maximum Gasteiger partial charge on any atom is 0.359 e. The highest BCUT2D eigenvalue weighted by Crippen LogP contribution is 2.19. The van der Waals surface area contributed by atoms with E-state index in [4.69, 9.17) is 16.3 Å². The summed E-state index contributed by atoms with van der Waals surface area (Å²) < 4.78 is 6.77. The number of aromatic nitrogens is 3. The Morgan fingerprint density at radius 3 is 2.57 bits per heavy atom. The van der Waals surface area contributed by atoms with Gasteiger partial charge >= 0.3 is 5.97 Å². The molecular weight excluding hydrogens is 380 g/mol. The summed E-state index contributed by atoms with van der Waals surface area (Å²) in [6.07, 6.45) is 6.58. The average molecular weight is 405 g/mol. The molecule has 1 aliphatic carbocycles. The summed E-state index contributed by atoms with van der Waals surface area (Å²) in [4.78, 5) is 28.8. The van der Waals surface area contributed by atoms with Crippen molar-refractivity contribution in [3.05, 3.63) is 40.3 Å². The number of halogens is 1. The molecule has 1 aliphatic rings. The first-order valence-corrected chi connectivity index (χ1v) is 9.98. The molecule has 0 spiro atoms. The van der Waals surface area contributed by atoms with E-state index in [2.05, 4.69) is 15.4 Å². The molecule has 8 heteroatoms. The topological polar surface area (TPSA) is 86.1 Å². The van der Waals surface area contributed by atoms with Crippen LogP contribution in [0, 0.1) is 13.8 Å². The minimum absolute atomic E-state index is 0.0333. The van der Waals surface area contributed by atoms with E-state index in [0.29, 0.717) is 5.82 Å². The van der Waals surface area contributed by atoms with Crippen molar-refractivity contribution in [2.45, 2.75) is 58.4 Å². The van der Waals surface area contributed by atoms with Crippen LogP contribution in [-0.4, -0.2) is 39.3 Å². The van der Waals surface area contributed by atoms with Crippen molar-refractivity contribution < 1.29 is 14.3 Å². The Balaban J connectivity index is 1.63. The highest BCUT2D eigenvalue weighted by Gasteiger charge is 2.19. The Kier molecular flexibility index (Phi) is 6.67. The molecule has 3 rings (SSSR count). The molecule has 0 saturated heterocycles. The van der Waals surface area contributed by atoms with Crippen molar-refractivity contribution in [2.24, 2.45) is 0 Å². The fraction of sp³-hybridized carbons (Fsp3) is 0.500. The molecule has 0 unspecified atom stereocenters. The lowest BCUT2D eigenvalue weighted by Gasteiger charge is -2.16. The molecule has 2 heterocycles. The van der Waals surface area contributed by atoms with E-state index in [-0.39, 0.29) is 29.3 Å². The average Bonchev–Trinajstić information content (AvgIpc) is 2.85. The number of hydrogen-bond acceptors (Lipinski definition) is 5. The predicted octanol–water partition coefficient (Wildman–Crippen LogP) is 3.53. The molecule has 0 aliphatic heterocycles. The number of hydrogen-bond donors (Lipinski definition) is 1. The fourth-order valence-corrected chi connectivity index (χ4v) is 3.63. The fourth-order valence-electron chi connectivity index (χ4n) is 3.45. The Morgan fingerprint density at radius 2 is 1.93 bits per heavy atom. The van der Waals surface area contributed by atoms with Crippen molar-refractivity contribution in [3.8, 4) is 5.82 Å². The van der Waals surface area contributed by atoms with Gasteiger partial charge in [-0.2, -0.15) is 5.10 Å². The maximum atomic E-state index is 12.4. The standard InChI is InChI=1S/C20H25ClN4O3/c1-13-11-14(2)25(24-13)17-10-9-16(21)19(23-17)20(27)28-12-18(26)22-15-7-5-3-4-6-8-15/h9-11,15H,3-8,12H2,1-2H3,(H,22,26). The van der Waals surface area contributed by atoms with Crippen LogP contribution in [0.2, 0.25) is 5.02 Å². The predicted molar refractivity (Wildman–Crippen MR) is 106 cm³/mol. The SMILES string of the molecule is Cc1cc(C)n(-c2ccc(Cl)c(C(=O)OCC(=O)NC3CCCCCC3)n2)n1. The first kappa shape index (κ1) is 20.3. The Hall–Kier alpha value is -2.41. The summed E-state index contributed by atoms with van der Waals surface area (Å²) in [7, 11) is 0. The van der Waals surface area contributed by atoms with Gasteiger partial charge in [-0.3, -0.25) is 4.79 Å². The van der Waals surface area contributed by atoms with Crippen LogP contribution in [0.25, 0.3) is 5.82 Å². The molecule has 1 N–H and O–H groups in total. The third kappa shape index (κ3) is 5.10. The molecule has 7 nitrogen and oxygen atoms in total. The smallest absolute Gasteiger partial charge is 0.359 e. The number of pyridine rings is 1. The quantitative estimate of drug-likeness (QED) is 0.608. The molecule has 0 aromatic carbocycles. The summed E-state index contributed by atoms with van der Waals surface area (Å²) in [5.74, 6) is -0.569. The Labute approximate surface area is 169 Å². The molecule has 1 fully saturated rings. The van der Waals surface area contributed by atoms with Crippen LogP contribution in [0.1, 0.15) is 60.4 Å². The van der Waals surface area contributed by atoms with E-state index in [1.165, 1.54) is 12.8 Å². The van der Waals surface area contributed by atoms with Gasteiger partial charge < -0.3 is 10.1 Å². The lowest BCUT2D eigenvalue weighted by Crippen LogP contribution is -2.37. The summed E-state index contributed by atoms with van der Waals surface area (Å²) in [6.45, 7) is 3.42. The van der Waals surface area contributed by atoms with Gasteiger partial charge in [0, 0.05) is 11.7 Å². The third-order valence-electron chi connectivity index (χ3n) is 4.81. The van der Waals surface area contributed by atoms with Gasteiger partial charge in [0.25, 0.3) is 5.91 Å². The second-order valence-electron chi connectivity index (χ2n) is 7.17. The molecule has 150 valence electrons. The molecular formula is C20H25ClN4O3. The van der Waals surface area contributed by atoms with Crippen molar-refractivity contribution in [2.75, 3.05) is 6.61 Å². The zero-order valence-corrected chi connectivity index (χ0v) is 17.0. The van der Waals surface area contributed by atoms with Crippen LogP contribution >= 0.6 is 11.6 Å². The number of aryl methyl sites for hydroxylation is 2. The first-order chi connectivity index (χ1) is 13.4. The Bertz CT molecular complexity index is 857. The second kappa shape index (κ2) is 9.19.